The van der Waals surface area contributed by atoms with Crippen LogP contribution in [0, 0.1) is 0 Å². The lowest BCUT2D eigenvalue weighted by Crippen LogP contribution is -2.08. The van der Waals surface area contributed by atoms with Crippen LogP contribution in [0.25, 0.3) is 0 Å². The van der Waals surface area contributed by atoms with Crippen molar-refractivity contribution in [3.05, 3.63) is 12.0 Å². The van der Waals surface area contributed by atoms with Crippen molar-refractivity contribution in [1.29, 1.82) is 0 Å². The second-order valence-corrected chi connectivity index (χ2v) is 5.42. The molecule has 0 aliphatic rings. The van der Waals surface area contributed by atoms with Gasteiger partial charge in [0.05, 0.1) is 12.0 Å². The van der Waals surface area contributed by atoms with Crippen LogP contribution in [0.1, 0.15) is 13.3 Å². The molecule has 0 heterocycles. The van der Waals surface area contributed by atoms with E-state index in [1.165, 1.54) is 0 Å². The van der Waals surface area contributed by atoms with Crippen LogP contribution in [-0.4, -0.2) is 15.4 Å². The van der Waals surface area contributed by atoms with E-state index in [1.54, 1.807) is 0 Å². The van der Waals surface area contributed by atoms with E-state index in [0.717, 1.165) is 18.4 Å². The second-order valence-electron chi connectivity index (χ2n) is 2.47. The molecular formula is C7H16OSi. The van der Waals surface area contributed by atoms with Gasteiger partial charge in [-0.2, -0.15) is 0 Å². The minimum absolute atomic E-state index is 0.713. The molecule has 0 bridgehead atoms. The maximum absolute atomic E-state index is 5.32. The highest BCUT2D eigenvalue weighted by Gasteiger charge is 2.00. The lowest BCUT2D eigenvalue weighted by molar-refractivity contribution is 0.235. The molecule has 2 heteroatoms. The second kappa shape index (κ2) is 4.62. The normalized spacial score (nSPS) is 9.78. The monoisotopic (exact) mass is 144 g/mol. The molecule has 0 saturated heterocycles. The molecule has 0 unspecified atom stereocenters. The Balaban J connectivity index is 3.28. The van der Waals surface area contributed by atoms with E-state index in [1.807, 2.05) is 0 Å². The Morgan fingerprint density at radius 3 is 2.44 bits per heavy atom. The summed E-state index contributed by atoms with van der Waals surface area (Å²) < 4.78 is 5.32. The number of rotatable bonds is 4. The topological polar surface area (TPSA) is 9.23 Å². The van der Waals surface area contributed by atoms with Crippen molar-refractivity contribution >= 4 is 8.80 Å². The quantitative estimate of drug-likeness (QED) is 0.433. The van der Waals surface area contributed by atoms with Gasteiger partial charge in [0.1, 0.15) is 8.80 Å². The Kier molecular flexibility index (Phi) is 4.49. The molecule has 0 aliphatic heterocycles. The molecule has 0 aromatic carbocycles. The largest absolute Gasteiger partial charge is 0.504 e. The summed E-state index contributed by atoms with van der Waals surface area (Å²) in [5.41, 5.74) is 0. The minimum Gasteiger partial charge on any atom is -0.504 e. The maximum atomic E-state index is 5.32. The van der Waals surface area contributed by atoms with E-state index >= 15 is 0 Å². The first-order valence-corrected chi connectivity index (χ1v) is 6.38. The van der Waals surface area contributed by atoms with Gasteiger partial charge in [0, 0.05) is 0 Å². The zero-order valence-electron chi connectivity index (χ0n) is 6.61. The first kappa shape index (κ1) is 8.76. The van der Waals surface area contributed by atoms with Crippen LogP contribution in [0.2, 0.25) is 13.1 Å². The fourth-order valence-electron chi connectivity index (χ4n) is 0.400. The average molecular weight is 144 g/mol. The molecule has 0 rings (SSSR count). The van der Waals surface area contributed by atoms with Crippen molar-refractivity contribution in [2.24, 2.45) is 0 Å². The van der Waals surface area contributed by atoms with E-state index in [9.17, 15) is 0 Å². The van der Waals surface area contributed by atoms with Crippen LogP contribution in [0.15, 0.2) is 12.0 Å². The SMILES string of the molecule is C=C(OCCC)[SiH](C)C. The molecule has 0 spiro atoms. The highest BCUT2D eigenvalue weighted by atomic mass is 28.3. The van der Waals surface area contributed by atoms with Crippen molar-refractivity contribution in [1.82, 2.24) is 0 Å². The lowest BCUT2D eigenvalue weighted by Gasteiger charge is -2.09. The van der Waals surface area contributed by atoms with Crippen LogP contribution in [-0.2, 0) is 4.74 Å². The smallest absolute Gasteiger partial charge is 0.108 e. The van der Waals surface area contributed by atoms with Gasteiger partial charge in [-0.15, -0.1) is 0 Å². The Morgan fingerprint density at radius 2 is 2.11 bits per heavy atom. The van der Waals surface area contributed by atoms with Crippen LogP contribution in [0.5, 0.6) is 0 Å². The van der Waals surface area contributed by atoms with Gasteiger partial charge in [-0.3, -0.25) is 0 Å². The highest BCUT2D eigenvalue weighted by Crippen LogP contribution is 1.99. The molecular weight excluding hydrogens is 128 g/mol. The van der Waals surface area contributed by atoms with Crippen LogP contribution < -0.4 is 0 Å². The van der Waals surface area contributed by atoms with E-state index in [2.05, 4.69) is 26.6 Å². The van der Waals surface area contributed by atoms with Crippen molar-refractivity contribution in [2.45, 2.75) is 26.4 Å². The van der Waals surface area contributed by atoms with Crippen LogP contribution >= 0.6 is 0 Å². The van der Waals surface area contributed by atoms with Gasteiger partial charge >= 0.3 is 0 Å². The molecule has 0 saturated carbocycles. The predicted octanol–water partition coefficient (Wildman–Crippen LogP) is 1.95. The first-order valence-electron chi connectivity index (χ1n) is 3.50. The molecule has 1 nitrogen and oxygen atoms in total. The number of hydrogen-bond acceptors (Lipinski definition) is 1. The van der Waals surface area contributed by atoms with Gasteiger partial charge in [-0.1, -0.05) is 26.6 Å². The molecule has 9 heavy (non-hydrogen) atoms. The van der Waals surface area contributed by atoms with Crippen molar-refractivity contribution in [3.8, 4) is 0 Å². The summed E-state index contributed by atoms with van der Waals surface area (Å²) >= 11 is 0. The van der Waals surface area contributed by atoms with Gasteiger partial charge in [-0.25, -0.2) is 0 Å². The molecule has 54 valence electrons. The fourth-order valence-corrected chi connectivity index (χ4v) is 0.851. The summed E-state index contributed by atoms with van der Waals surface area (Å²) in [7, 11) is -0.713. The van der Waals surface area contributed by atoms with Crippen LogP contribution in [0.4, 0.5) is 0 Å². The third kappa shape index (κ3) is 4.27. The molecule has 0 amide bonds. The summed E-state index contributed by atoms with van der Waals surface area (Å²) in [5, 5.41) is 1.04. The zero-order chi connectivity index (χ0) is 7.28. The van der Waals surface area contributed by atoms with Gasteiger partial charge in [0.25, 0.3) is 0 Å². The standard InChI is InChI=1S/C7H16OSi/c1-5-6-8-7(2)9(3)4/h9H,2,5-6H2,1,3-4H3. The summed E-state index contributed by atoms with van der Waals surface area (Å²) in [6, 6.07) is 0. The third-order valence-electron chi connectivity index (χ3n) is 1.14. The summed E-state index contributed by atoms with van der Waals surface area (Å²) in [4.78, 5) is 0. The third-order valence-corrected chi connectivity index (χ3v) is 2.59. The fraction of sp³-hybridized carbons (Fsp3) is 0.714. The summed E-state index contributed by atoms with van der Waals surface area (Å²) in [6.07, 6.45) is 1.08. The van der Waals surface area contributed by atoms with Gasteiger partial charge in [-0.05, 0) is 6.42 Å². The van der Waals surface area contributed by atoms with E-state index < -0.39 is 8.80 Å². The molecule has 0 radical (unpaired) electrons. The van der Waals surface area contributed by atoms with Gasteiger partial charge in [0.2, 0.25) is 0 Å². The van der Waals surface area contributed by atoms with Crippen LogP contribution in [0.3, 0.4) is 0 Å². The van der Waals surface area contributed by atoms with E-state index in [-0.39, 0.29) is 0 Å². The van der Waals surface area contributed by atoms with E-state index in [4.69, 9.17) is 4.74 Å². The molecule has 0 aromatic heterocycles. The predicted molar refractivity (Wildman–Crippen MR) is 44.3 cm³/mol. The maximum Gasteiger partial charge on any atom is 0.108 e. The van der Waals surface area contributed by atoms with Crippen molar-refractivity contribution in [2.75, 3.05) is 6.61 Å². The van der Waals surface area contributed by atoms with E-state index in [0.29, 0.717) is 0 Å². The van der Waals surface area contributed by atoms with Gasteiger partial charge < -0.3 is 4.74 Å². The summed E-state index contributed by atoms with van der Waals surface area (Å²) in [6.45, 7) is 11.2. The molecule has 0 aromatic rings. The lowest BCUT2D eigenvalue weighted by atomic mass is 10.5. The number of hydrogen-bond donors (Lipinski definition) is 0. The molecule has 0 fully saturated rings. The summed E-state index contributed by atoms with van der Waals surface area (Å²) in [5.74, 6) is 0. The Morgan fingerprint density at radius 1 is 1.56 bits per heavy atom. The Labute approximate surface area is 59.3 Å². The number of ether oxygens (including phenoxy) is 1. The highest BCUT2D eigenvalue weighted by molar-refractivity contribution is 6.63. The minimum atomic E-state index is -0.713. The van der Waals surface area contributed by atoms with Crippen molar-refractivity contribution in [3.63, 3.8) is 0 Å². The zero-order valence-corrected chi connectivity index (χ0v) is 7.76. The molecule has 0 N–H and O–H groups in total. The molecule has 0 atom stereocenters. The Hall–Kier alpha value is -0.243. The van der Waals surface area contributed by atoms with Crippen molar-refractivity contribution < 1.29 is 4.74 Å². The molecule has 0 aliphatic carbocycles. The average Bonchev–Trinajstić information content (AvgIpc) is 1.82. The Bertz CT molecular complexity index is 88.9. The first-order chi connectivity index (χ1) is 4.18. The van der Waals surface area contributed by atoms with Gasteiger partial charge in [0.15, 0.2) is 0 Å².